The number of halogens is 1. The van der Waals surface area contributed by atoms with Crippen LogP contribution in [0, 0.1) is 34.5 Å². The van der Waals surface area contributed by atoms with E-state index in [1.54, 1.807) is 0 Å². The minimum atomic E-state index is -0.389. The summed E-state index contributed by atoms with van der Waals surface area (Å²) in [5, 5.41) is 0. The molecule has 4 saturated carbocycles. The van der Waals surface area contributed by atoms with Crippen molar-refractivity contribution in [3.63, 3.8) is 0 Å². The van der Waals surface area contributed by atoms with Gasteiger partial charge in [-0.2, -0.15) is 0 Å². The number of fused-ring (bicyclic) bond motifs is 3. The number of rotatable bonds is 5. The fourth-order valence-corrected chi connectivity index (χ4v) is 9.98. The summed E-state index contributed by atoms with van der Waals surface area (Å²) in [6.07, 6.45) is 7.97. The zero-order valence-corrected chi connectivity index (χ0v) is 20.0. The third-order valence-corrected chi connectivity index (χ3v) is 11.6. The van der Waals surface area contributed by atoms with Crippen molar-refractivity contribution in [2.75, 3.05) is 13.2 Å². The van der Waals surface area contributed by atoms with Crippen LogP contribution < -0.4 is 0 Å². The number of esters is 1. The number of carbonyl (C=O) groups is 3. The van der Waals surface area contributed by atoms with Crippen LogP contribution in [0.4, 0.5) is 0 Å². The number of ketones is 1. The molecule has 0 aromatic rings. The molecule has 9 atom stereocenters. The van der Waals surface area contributed by atoms with E-state index in [4.69, 9.17) is 14.2 Å². The lowest BCUT2D eigenvalue weighted by molar-refractivity contribution is -0.150. The van der Waals surface area contributed by atoms with Gasteiger partial charge in [-0.1, -0.05) is 22.9 Å². The summed E-state index contributed by atoms with van der Waals surface area (Å²) in [6.45, 7) is 4.95. The molecule has 172 valence electrons. The average Bonchev–Trinajstić information content (AvgIpc) is 3.15. The molecule has 5 rings (SSSR count). The lowest BCUT2D eigenvalue weighted by Crippen LogP contribution is -2.63. The number of carbonyl (C=O) groups excluding carboxylic acids is 3. The molecule has 5 fully saturated rings. The smallest absolute Gasteiger partial charge is 0.303 e. The maximum Gasteiger partial charge on any atom is 0.303 e. The summed E-state index contributed by atoms with van der Waals surface area (Å²) < 4.78 is 16.8. The van der Waals surface area contributed by atoms with E-state index in [9.17, 15) is 14.4 Å². The SMILES string of the molecule is CC(=O)OCC(=O)[C@H]1CC[C@H]2[C@@H]3CC4OC[C@@]5(CC[C@H](OC=O)C[C@]45Br)[C@H]3CC[C@]12C. The summed E-state index contributed by atoms with van der Waals surface area (Å²) >= 11 is 4.16. The van der Waals surface area contributed by atoms with Crippen molar-refractivity contribution in [2.45, 2.75) is 81.7 Å². The van der Waals surface area contributed by atoms with E-state index < -0.39 is 0 Å². The van der Waals surface area contributed by atoms with Crippen molar-refractivity contribution in [3.05, 3.63) is 0 Å². The molecule has 1 unspecified atom stereocenters. The first-order valence-corrected chi connectivity index (χ1v) is 12.6. The first-order valence-electron chi connectivity index (χ1n) is 11.8. The van der Waals surface area contributed by atoms with E-state index in [2.05, 4.69) is 22.9 Å². The zero-order valence-electron chi connectivity index (χ0n) is 18.4. The second-order valence-electron chi connectivity index (χ2n) is 10.9. The molecule has 1 saturated heterocycles. The molecule has 1 aliphatic heterocycles. The molecule has 4 aliphatic carbocycles. The van der Waals surface area contributed by atoms with E-state index in [1.165, 1.54) is 6.92 Å². The van der Waals surface area contributed by atoms with Crippen molar-refractivity contribution in [1.29, 1.82) is 0 Å². The van der Waals surface area contributed by atoms with Crippen LogP contribution in [0.15, 0.2) is 0 Å². The number of Topliss-reactive ketones (excluding diaryl/α,β-unsaturated/α-hetero) is 1. The Labute approximate surface area is 192 Å². The maximum absolute atomic E-state index is 12.9. The molecular weight excluding hydrogens is 464 g/mol. The van der Waals surface area contributed by atoms with Crippen LogP contribution in [0.5, 0.6) is 0 Å². The standard InChI is InChI=1S/C24H33BrO6/c1-14(27)29-11-20(28)19-4-3-17-16-9-21-24(25)10-15(31-13-26)5-8-23(24,12-30-21)18(16)6-7-22(17,19)2/h13,15-19,21H,3-12H2,1-2H3/t15-,16-,17-,18-,19+,21?,22-,23-,24-/m0/s1. The van der Waals surface area contributed by atoms with E-state index in [1.807, 2.05) is 0 Å². The molecule has 0 spiro atoms. The average molecular weight is 497 g/mol. The highest BCUT2D eigenvalue weighted by atomic mass is 79.9. The highest BCUT2D eigenvalue weighted by Gasteiger charge is 2.72. The fraction of sp³-hybridized carbons (Fsp3) is 0.875. The zero-order chi connectivity index (χ0) is 22.0. The Morgan fingerprint density at radius 1 is 1.16 bits per heavy atom. The van der Waals surface area contributed by atoms with Gasteiger partial charge >= 0.3 is 5.97 Å². The van der Waals surface area contributed by atoms with E-state index >= 15 is 0 Å². The molecule has 0 radical (unpaired) electrons. The van der Waals surface area contributed by atoms with E-state index in [-0.39, 0.29) is 51.6 Å². The van der Waals surface area contributed by atoms with Crippen LogP contribution in [0.1, 0.15) is 65.2 Å². The Kier molecular flexibility index (Phi) is 5.32. The first-order chi connectivity index (χ1) is 14.7. The second kappa shape index (κ2) is 7.54. The topological polar surface area (TPSA) is 78.9 Å². The van der Waals surface area contributed by atoms with Crippen LogP contribution in [0.25, 0.3) is 0 Å². The van der Waals surface area contributed by atoms with Gasteiger partial charge in [0.05, 0.1) is 17.0 Å². The van der Waals surface area contributed by atoms with Gasteiger partial charge in [0, 0.05) is 24.7 Å². The van der Waals surface area contributed by atoms with Crippen molar-refractivity contribution < 1.29 is 28.6 Å². The molecule has 2 bridgehead atoms. The Balaban J connectivity index is 1.39. The molecule has 7 heteroatoms. The van der Waals surface area contributed by atoms with Gasteiger partial charge in [-0.05, 0) is 68.1 Å². The summed E-state index contributed by atoms with van der Waals surface area (Å²) in [7, 11) is 0. The van der Waals surface area contributed by atoms with Gasteiger partial charge < -0.3 is 14.2 Å². The minimum absolute atomic E-state index is 0.0127. The Morgan fingerprint density at radius 3 is 2.71 bits per heavy atom. The van der Waals surface area contributed by atoms with Crippen LogP contribution >= 0.6 is 15.9 Å². The highest BCUT2D eigenvalue weighted by Crippen LogP contribution is 2.72. The van der Waals surface area contributed by atoms with Gasteiger partial charge in [0.2, 0.25) is 0 Å². The minimum Gasteiger partial charge on any atom is -0.465 e. The van der Waals surface area contributed by atoms with Gasteiger partial charge in [-0.3, -0.25) is 14.4 Å². The normalized spacial score (nSPS) is 50.0. The van der Waals surface area contributed by atoms with Crippen molar-refractivity contribution >= 4 is 34.2 Å². The van der Waals surface area contributed by atoms with Crippen LogP contribution in [-0.4, -0.2) is 48.0 Å². The third kappa shape index (κ3) is 3.01. The largest absolute Gasteiger partial charge is 0.465 e. The molecule has 0 aromatic carbocycles. The van der Waals surface area contributed by atoms with Crippen molar-refractivity contribution in [2.24, 2.45) is 34.5 Å². The lowest BCUT2D eigenvalue weighted by atomic mass is 9.44. The van der Waals surface area contributed by atoms with Crippen molar-refractivity contribution in [1.82, 2.24) is 0 Å². The third-order valence-electron chi connectivity index (χ3n) is 10.0. The molecule has 5 aliphatic rings. The maximum atomic E-state index is 12.9. The van der Waals surface area contributed by atoms with Gasteiger partial charge in [0.1, 0.15) is 12.7 Å². The van der Waals surface area contributed by atoms with E-state index in [0.717, 1.165) is 58.0 Å². The summed E-state index contributed by atoms with van der Waals surface area (Å²) in [4.78, 5) is 35.1. The first kappa shape index (κ1) is 21.9. The molecular formula is C24H33BrO6. The van der Waals surface area contributed by atoms with Crippen molar-refractivity contribution in [3.8, 4) is 0 Å². The van der Waals surface area contributed by atoms with Gasteiger partial charge in [-0.25, -0.2) is 0 Å². The summed E-state index contributed by atoms with van der Waals surface area (Å²) in [5.74, 6) is 1.34. The highest BCUT2D eigenvalue weighted by molar-refractivity contribution is 9.10. The lowest BCUT2D eigenvalue weighted by Gasteiger charge is -2.62. The van der Waals surface area contributed by atoms with Crippen LogP contribution in [-0.2, 0) is 28.6 Å². The Hall–Kier alpha value is -0.950. The van der Waals surface area contributed by atoms with Gasteiger partial charge in [-0.15, -0.1) is 0 Å². The molecule has 6 nitrogen and oxygen atoms in total. The predicted molar refractivity (Wildman–Crippen MR) is 115 cm³/mol. The molecule has 31 heavy (non-hydrogen) atoms. The van der Waals surface area contributed by atoms with Gasteiger partial charge in [0.25, 0.3) is 6.47 Å². The number of alkyl halides is 1. The number of ether oxygens (including phenoxy) is 3. The Morgan fingerprint density at radius 2 is 1.97 bits per heavy atom. The van der Waals surface area contributed by atoms with Crippen LogP contribution in [0.3, 0.4) is 0 Å². The van der Waals surface area contributed by atoms with Gasteiger partial charge in [0.15, 0.2) is 5.78 Å². The Bertz CT molecular complexity index is 786. The molecule has 0 N–H and O–H groups in total. The summed E-state index contributed by atoms with van der Waals surface area (Å²) in [6, 6.07) is 0. The second-order valence-corrected chi connectivity index (χ2v) is 12.4. The monoisotopic (exact) mass is 496 g/mol. The molecule has 0 aromatic heterocycles. The molecule has 1 heterocycles. The quantitative estimate of drug-likeness (QED) is 0.327. The number of hydrogen-bond donors (Lipinski definition) is 0. The molecule has 0 amide bonds. The summed E-state index contributed by atoms with van der Waals surface area (Å²) in [5.41, 5.74) is 0.0725. The predicted octanol–water partition coefficient (Wildman–Crippen LogP) is 3.83. The number of hydrogen-bond acceptors (Lipinski definition) is 6. The fourth-order valence-electron chi connectivity index (χ4n) is 8.69. The van der Waals surface area contributed by atoms with E-state index in [0.29, 0.717) is 24.2 Å². The van der Waals surface area contributed by atoms with Crippen LogP contribution in [0.2, 0.25) is 0 Å².